The van der Waals surface area contributed by atoms with Gasteiger partial charge in [0.1, 0.15) is 0 Å². The third kappa shape index (κ3) is 3.44. The van der Waals surface area contributed by atoms with Gasteiger partial charge in [-0.2, -0.15) is 0 Å². The number of carboxylic acids is 1. The number of rotatable bonds is 4. The van der Waals surface area contributed by atoms with Gasteiger partial charge in [-0.05, 0) is 30.1 Å². The SMILES string of the molecule is CC1(C)C[C@@H]2C[C@@](C)(CN2C(=O)CSCC(=O)[O-])C1. The lowest BCUT2D eigenvalue weighted by molar-refractivity contribution is -0.301. The summed E-state index contributed by atoms with van der Waals surface area (Å²) < 4.78 is 0. The van der Waals surface area contributed by atoms with E-state index in [1.165, 1.54) is 0 Å². The lowest BCUT2D eigenvalue weighted by Gasteiger charge is -2.39. The molecule has 2 rings (SSSR count). The van der Waals surface area contributed by atoms with Crippen LogP contribution in [-0.2, 0) is 9.59 Å². The molecule has 19 heavy (non-hydrogen) atoms. The molecule has 0 aromatic rings. The highest BCUT2D eigenvalue weighted by atomic mass is 32.2. The average Bonchev–Trinajstić information content (AvgIpc) is 2.47. The molecule has 0 radical (unpaired) electrons. The van der Waals surface area contributed by atoms with E-state index in [1.54, 1.807) is 0 Å². The zero-order valence-corrected chi connectivity index (χ0v) is 12.7. The van der Waals surface area contributed by atoms with Crippen molar-refractivity contribution in [1.29, 1.82) is 0 Å². The molecule has 108 valence electrons. The summed E-state index contributed by atoms with van der Waals surface area (Å²) >= 11 is 1.14. The zero-order valence-electron chi connectivity index (χ0n) is 11.9. The Morgan fingerprint density at radius 2 is 1.95 bits per heavy atom. The van der Waals surface area contributed by atoms with Crippen LogP contribution in [0, 0.1) is 10.8 Å². The van der Waals surface area contributed by atoms with Crippen LogP contribution in [0.3, 0.4) is 0 Å². The first-order valence-corrected chi connectivity index (χ1v) is 7.93. The van der Waals surface area contributed by atoms with E-state index in [1.807, 2.05) is 4.90 Å². The minimum atomic E-state index is -1.11. The van der Waals surface area contributed by atoms with E-state index in [4.69, 9.17) is 0 Å². The molecule has 1 saturated heterocycles. The fraction of sp³-hybridized carbons (Fsp3) is 0.857. The van der Waals surface area contributed by atoms with Crippen molar-refractivity contribution < 1.29 is 14.7 Å². The van der Waals surface area contributed by atoms with Crippen molar-refractivity contribution in [3.8, 4) is 0 Å². The molecule has 1 heterocycles. The minimum Gasteiger partial charge on any atom is -0.549 e. The predicted molar refractivity (Wildman–Crippen MR) is 73.6 cm³/mol. The Morgan fingerprint density at radius 3 is 2.58 bits per heavy atom. The van der Waals surface area contributed by atoms with Crippen LogP contribution in [-0.4, -0.2) is 40.9 Å². The minimum absolute atomic E-state index is 0.0812. The first kappa shape index (κ1) is 14.7. The van der Waals surface area contributed by atoms with E-state index in [2.05, 4.69) is 20.8 Å². The maximum Gasteiger partial charge on any atom is 0.232 e. The lowest BCUT2D eigenvalue weighted by Crippen LogP contribution is -2.38. The van der Waals surface area contributed by atoms with Crippen molar-refractivity contribution in [2.24, 2.45) is 10.8 Å². The molecule has 2 atom stereocenters. The molecule has 2 aliphatic rings. The molecule has 4 nitrogen and oxygen atoms in total. The average molecular weight is 284 g/mol. The summed E-state index contributed by atoms with van der Waals surface area (Å²) in [6.45, 7) is 7.64. The predicted octanol–water partition coefficient (Wildman–Crippen LogP) is 0.897. The number of hydrogen-bond donors (Lipinski definition) is 0. The van der Waals surface area contributed by atoms with Crippen LogP contribution in [0.2, 0.25) is 0 Å². The quantitative estimate of drug-likeness (QED) is 0.769. The number of carbonyl (C=O) groups excluding carboxylic acids is 2. The summed E-state index contributed by atoms with van der Waals surface area (Å²) in [6.07, 6.45) is 3.30. The molecule has 1 aliphatic heterocycles. The van der Waals surface area contributed by atoms with E-state index in [0.29, 0.717) is 11.5 Å². The van der Waals surface area contributed by atoms with E-state index >= 15 is 0 Å². The van der Waals surface area contributed by atoms with Crippen molar-refractivity contribution in [2.45, 2.75) is 46.1 Å². The number of nitrogens with zero attached hydrogens (tertiary/aromatic N) is 1. The van der Waals surface area contributed by atoms with Crippen LogP contribution < -0.4 is 5.11 Å². The smallest absolute Gasteiger partial charge is 0.232 e. The fourth-order valence-electron chi connectivity index (χ4n) is 4.06. The number of carbonyl (C=O) groups is 2. The Morgan fingerprint density at radius 1 is 1.26 bits per heavy atom. The summed E-state index contributed by atoms with van der Waals surface area (Å²) in [6, 6.07) is 0.338. The number of amides is 1. The third-order valence-corrected chi connectivity index (χ3v) is 5.07. The van der Waals surface area contributed by atoms with Gasteiger partial charge >= 0.3 is 0 Å². The van der Waals surface area contributed by atoms with Crippen molar-refractivity contribution in [3.05, 3.63) is 0 Å². The van der Waals surface area contributed by atoms with Gasteiger partial charge in [-0.25, -0.2) is 0 Å². The first-order valence-electron chi connectivity index (χ1n) is 6.78. The molecule has 0 aromatic carbocycles. The van der Waals surface area contributed by atoms with E-state index in [0.717, 1.165) is 37.6 Å². The molecule has 0 N–H and O–H groups in total. The maximum absolute atomic E-state index is 12.2. The maximum atomic E-state index is 12.2. The lowest BCUT2D eigenvalue weighted by atomic mass is 9.65. The number of likely N-dealkylation sites (tertiary alicyclic amines) is 1. The van der Waals surface area contributed by atoms with Gasteiger partial charge in [0.05, 0.1) is 11.7 Å². The molecule has 0 aromatic heterocycles. The highest BCUT2D eigenvalue weighted by Crippen LogP contribution is 2.52. The number of carboxylic acid groups (broad SMARTS) is 1. The van der Waals surface area contributed by atoms with Crippen LogP contribution in [0.4, 0.5) is 0 Å². The van der Waals surface area contributed by atoms with Gasteiger partial charge in [-0.15, -0.1) is 11.8 Å². The van der Waals surface area contributed by atoms with Crippen LogP contribution >= 0.6 is 11.8 Å². The van der Waals surface area contributed by atoms with Gasteiger partial charge in [0.25, 0.3) is 0 Å². The Kier molecular flexibility index (Phi) is 3.87. The summed E-state index contributed by atoms with van der Waals surface area (Å²) in [5.41, 5.74) is 0.534. The van der Waals surface area contributed by atoms with Gasteiger partial charge in [-0.1, -0.05) is 20.8 Å². The van der Waals surface area contributed by atoms with E-state index < -0.39 is 5.97 Å². The monoisotopic (exact) mass is 284 g/mol. The summed E-state index contributed by atoms with van der Waals surface area (Å²) in [5.74, 6) is -0.877. The molecule has 1 amide bonds. The van der Waals surface area contributed by atoms with E-state index in [-0.39, 0.29) is 22.8 Å². The van der Waals surface area contributed by atoms with Gasteiger partial charge in [0.2, 0.25) is 5.91 Å². The number of aliphatic carboxylic acids is 1. The molecular weight excluding hydrogens is 262 g/mol. The number of hydrogen-bond acceptors (Lipinski definition) is 4. The summed E-state index contributed by atoms with van der Waals surface area (Å²) in [5, 5.41) is 10.4. The second-order valence-electron chi connectivity index (χ2n) is 7.10. The second kappa shape index (κ2) is 5.00. The van der Waals surface area contributed by atoms with Crippen LogP contribution in [0.5, 0.6) is 0 Å². The van der Waals surface area contributed by atoms with Crippen LogP contribution in [0.1, 0.15) is 40.0 Å². The summed E-state index contributed by atoms with van der Waals surface area (Å²) in [7, 11) is 0. The number of fused-ring (bicyclic) bond motifs is 2. The fourth-order valence-corrected chi connectivity index (χ4v) is 4.67. The van der Waals surface area contributed by atoms with Crippen molar-refractivity contribution in [3.63, 3.8) is 0 Å². The van der Waals surface area contributed by atoms with Gasteiger partial charge in [0, 0.05) is 18.3 Å². The van der Waals surface area contributed by atoms with Gasteiger partial charge < -0.3 is 14.8 Å². The molecular formula is C14H22NO3S-. The number of thioether (sulfide) groups is 1. The zero-order chi connectivity index (χ0) is 14.3. The molecule has 0 unspecified atom stereocenters. The second-order valence-corrected chi connectivity index (χ2v) is 8.09. The molecule has 5 heteroatoms. The topological polar surface area (TPSA) is 60.4 Å². The molecule has 1 aliphatic carbocycles. The van der Waals surface area contributed by atoms with Crippen molar-refractivity contribution >= 4 is 23.6 Å². The van der Waals surface area contributed by atoms with Crippen molar-refractivity contribution in [2.75, 3.05) is 18.1 Å². The Labute approximate surface area is 118 Å². The molecule has 1 saturated carbocycles. The first-order chi connectivity index (χ1) is 8.71. The van der Waals surface area contributed by atoms with Crippen LogP contribution in [0.15, 0.2) is 0 Å². The van der Waals surface area contributed by atoms with Gasteiger partial charge in [-0.3, -0.25) is 4.79 Å². The largest absolute Gasteiger partial charge is 0.549 e. The Balaban J connectivity index is 1.95. The molecule has 2 bridgehead atoms. The normalized spacial score (nSPS) is 32.4. The van der Waals surface area contributed by atoms with Gasteiger partial charge in [0.15, 0.2) is 0 Å². The highest BCUT2D eigenvalue weighted by molar-refractivity contribution is 8.00. The highest BCUT2D eigenvalue weighted by Gasteiger charge is 2.50. The molecule has 2 fully saturated rings. The summed E-state index contributed by atoms with van der Waals surface area (Å²) in [4.78, 5) is 24.6. The Bertz CT molecular complexity index is 396. The standard InChI is InChI=1S/C14H23NO3S/c1-13(2)4-10-5-14(3,8-13)9-15(10)11(16)6-19-7-12(17)18/h10H,4-9H2,1-3H3,(H,17,18)/p-1/t10-,14-/m1/s1. The van der Waals surface area contributed by atoms with E-state index in [9.17, 15) is 14.7 Å². The van der Waals surface area contributed by atoms with Crippen LogP contribution in [0.25, 0.3) is 0 Å². The third-order valence-electron chi connectivity index (χ3n) is 4.18. The molecule has 0 spiro atoms. The Hall–Kier alpha value is -0.710. The van der Waals surface area contributed by atoms with Crippen molar-refractivity contribution in [1.82, 2.24) is 4.90 Å².